The van der Waals surface area contributed by atoms with Crippen LogP contribution in [-0.4, -0.2) is 19.0 Å². The predicted molar refractivity (Wildman–Crippen MR) is 102 cm³/mol. The van der Waals surface area contributed by atoms with E-state index in [2.05, 4.69) is 29.6 Å². The summed E-state index contributed by atoms with van der Waals surface area (Å²) in [6.45, 7) is 4.22. The topological polar surface area (TPSA) is 33.5 Å². The van der Waals surface area contributed by atoms with E-state index in [1.165, 1.54) is 37.6 Å². The average Bonchev–Trinajstić information content (AvgIpc) is 3.12. The van der Waals surface area contributed by atoms with Crippen molar-refractivity contribution in [3.63, 3.8) is 0 Å². The van der Waals surface area contributed by atoms with Crippen molar-refractivity contribution in [3.8, 4) is 0 Å². The minimum absolute atomic E-state index is 0.106. The van der Waals surface area contributed by atoms with E-state index in [9.17, 15) is 4.79 Å². The van der Waals surface area contributed by atoms with Gasteiger partial charge < -0.3 is 10.2 Å². The Bertz CT molecular complexity index is 734. The van der Waals surface area contributed by atoms with Crippen LogP contribution in [0.5, 0.6) is 0 Å². The van der Waals surface area contributed by atoms with Crippen molar-refractivity contribution < 1.29 is 9.69 Å². The number of carbonyl (C=O) groups excluding carboxylic acids is 1. The lowest BCUT2D eigenvalue weighted by molar-refractivity contribution is -0.901. The van der Waals surface area contributed by atoms with Crippen LogP contribution in [0.3, 0.4) is 0 Å². The molecule has 3 nitrogen and oxygen atoms in total. The summed E-state index contributed by atoms with van der Waals surface area (Å²) in [6, 6.07) is 16.0. The lowest BCUT2D eigenvalue weighted by Crippen LogP contribution is -3.08. The monoisotopic (exact) mass is 355 g/mol. The van der Waals surface area contributed by atoms with E-state index in [1.54, 1.807) is 11.0 Å². The average molecular weight is 356 g/mol. The first-order chi connectivity index (χ1) is 12.2. The van der Waals surface area contributed by atoms with Gasteiger partial charge in [-0.15, -0.1) is 0 Å². The van der Waals surface area contributed by atoms with Crippen LogP contribution < -0.4 is 10.2 Å². The quantitative estimate of drug-likeness (QED) is 0.767. The van der Waals surface area contributed by atoms with Crippen molar-refractivity contribution in [3.05, 3.63) is 76.3 Å². The van der Waals surface area contributed by atoms with Gasteiger partial charge in [0.05, 0.1) is 13.1 Å². The van der Waals surface area contributed by atoms with Gasteiger partial charge in [-0.25, -0.2) is 0 Å². The zero-order chi connectivity index (χ0) is 17.5. The number of rotatable bonds is 6. The van der Waals surface area contributed by atoms with Crippen LogP contribution in [0.2, 0.25) is 5.02 Å². The van der Waals surface area contributed by atoms with E-state index in [-0.39, 0.29) is 5.91 Å². The van der Waals surface area contributed by atoms with Crippen LogP contribution in [0.1, 0.15) is 29.5 Å². The van der Waals surface area contributed by atoms with Crippen molar-refractivity contribution in [2.75, 3.05) is 13.1 Å². The fraction of sp³-hybridized carbons (Fsp3) is 0.286. The number of hydrogen-bond acceptors (Lipinski definition) is 1. The van der Waals surface area contributed by atoms with Gasteiger partial charge in [0.1, 0.15) is 6.54 Å². The third-order valence-corrected chi connectivity index (χ3v) is 4.77. The summed E-state index contributed by atoms with van der Waals surface area (Å²) in [5.74, 6) is -0.106. The van der Waals surface area contributed by atoms with Crippen molar-refractivity contribution >= 4 is 23.6 Å². The molecule has 0 radical (unpaired) electrons. The third kappa shape index (κ3) is 5.73. The maximum absolute atomic E-state index is 11.9. The van der Waals surface area contributed by atoms with Crippen LogP contribution in [0.25, 0.3) is 6.08 Å². The molecule has 0 aromatic heterocycles. The number of nitrogens with one attached hydrogen (secondary N) is 2. The molecule has 25 heavy (non-hydrogen) atoms. The number of carbonyl (C=O) groups is 1. The highest BCUT2D eigenvalue weighted by Gasteiger charge is 2.15. The molecule has 0 bridgehead atoms. The molecule has 1 aliphatic rings. The van der Waals surface area contributed by atoms with E-state index >= 15 is 0 Å². The zero-order valence-corrected chi connectivity index (χ0v) is 15.1. The first-order valence-electron chi connectivity index (χ1n) is 8.82. The van der Waals surface area contributed by atoms with E-state index < -0.39 is 0 Å². The van der Waals surface area contributed by atoms with Crippen LogP contribution in [0, 0.1) is 0 Å². The van der Waals surface area contributed by atoms with Gasteiger partial charge in [-0.1, -0.05) is 48.0 Å². The van der Waals surface area contributed by atoms with Gasteiger partial charge in [-0.2, -0.15) is 0 Å². The fourth-order valence-corrected chi connectivity index (χ4v) is 3.34. The van der Waals surface area contributed by atoms with Crippen molar-refractivity contribution in [1.82, 2.24) is 5.32 Å². The van der Waals surface area contributed by atoms with Gasteiger partial charge in [0, 0.05) is 36.0 Å². The van der Waals surface area contributed by atoms with Crippen LogP contribution in [0.15, 0.2) is 54.6 Å². The first kappa shape index (κ1) is 17.7. The molecule has 4 heteroatoms. The lowest BCUT2D eigenvalue weighted by atomic mass is 10.1. The number of likely N-dealkylation sites (tertiary alicyclic amines) is 1. The van der Waals surface area contributed by atoms with E-state index in [4.69, 9.17) is 11.6 Å². The molecule has 130 valence electrons. The summed E-state index contributed by atoms with van der Waals surface area (Å²) in [5.41, 5.74) is 3.40. The molecular formula is C21H24ClN2O+. The van der Waals surface area contributed by atoms with Crippen molar-refractivity contribution in [2.24, 2.45) is 0 Å². The highest BCUT2D eigenvalue weighted by molar-refractivity contribution is 6.30. The molecule has 1 aliphatic heterocycles. The second kappa shape index (κ2) is 8.84. The summed E-state index contributed by atoms with van der Waals surface area (Å²) < 4.78 is 0. The Morgan fingerprint density at radius 1 is 1.08 bits per heavy atom. The van der Waals surface area contributed by atoms with Gasteiger partial charge in [-0.05, 0) is 29.3 Å². The van der Waals surface area contributed by atoms with E-state index in [0.29, 0.717) is 11.6 Å². The smallest absolute Gasteiger partial charge is 0.244 e. The summed E-state index contributed by atoms with van der Waals surface area (Å²) in [5, 5.41) is 3.58. The van der Waals surface area contributed by atoms with Gasteiger partial charge >= 0.3 is 0 Å². The van der Waals surface area contributed by atoms with E-state index in [1.807, 2.05) is 24.3 Å². The Kier molecular flexibility index (Phi) is 6.26. The minimum Gasteiger partial charge on any atom is -0.348 e. The molecule has 0 atom stereocenters. The number of halogens is 1. The van der Waals surface area contributed by atoms with Crippen LogP contribution in [0.4, 0.5) is 0 Å². The lowest BCUT2D eigenvalue weighted by Gasteiger charge is -2.12. The molecule has 0 unspecified atom stereocenters. The van der Waals surface area contributed by atoms with Crippen molar-refractivity contribution in [1.29, 1.82) is 0 Å². The Hall–Kier alpha value is -2.10. The standard InChI is InChI=1S/C21H23ClN2O/c22-20-5-3-4-17(14-20)10-11-21(25)23-15-18-6-8-19(9-7-18)16-24-12-1-2-13-24/h3-11,14H,1-2,12-13,15-16H2,(H,23,25)/p+1/b11-10+. The molecule has 0 aliphatic carbocycles. The van der Waals surface area contributed by atoms with Gasteiger partial charge in [0.2, 0.25) is 5.91 Å². The minimum atomic E-state index is -0.106. The molecule has 0 saturated carbocycles. The predicted octanol–water partition coefficient (Wildman–Crippen LogP) is 2.85. The molecule has 3 rings (SSSR count). The molecular weight excluding hydrogens is 332 g/mol. The summed E-state index contributed by atoms with van der Waals surface area (Å²) >= 11 is 5.93. The van der Waals surface area contributed by atoms with Crippen molar-refractivity contribution in [2.45, 2.75) is 25.9 Å². The molecule has 2 N–H and O–H groups in total. The molecule has 1 saturated heterocycles. The molecule has 1 fully saturated rings. The summed E-state index contributed by atoms with van der Waals surface area (Å²) in [7, 11) is 0. The SMILES string of the molecule is O=C(/C=C/c1cccc(Cl)c1)NCc1ccc(C[NH+]2CCCC2)cc1. The Morgan fingerprint density at radius 3 is 2.52 bits per heavy atom. The largest absolute Gasteiger partial charge is 0.348 e. The second-order valence-corrected chi connectivity index (χ2v) is 6.99. The number of quaternary nitrogens is 1. The first-order valence-corrected chi connectivity index (χ1v) is 9.20. The summed E-state index contributed by atoms with van der Waals surface area (Å²) in [4.78, 5) is 13.6. The van der Waals surface area contributed by atoms with Gasteiger partial charge in [-0.3, -0.25) is 4.79 Å². The highest BCUT2D eigenvalue weighted by Crippen LogP contribution is 2.11. The maximum atomic E-state index is 11.9. The van der Waals surface area contributed by atoms with E-state index in [0.717, 1.165) is 17.7 Å². The maximum Gasteiger partial charge on any atom is 0.244 e. The molecule has 2 aromatic rings. The highest BCUT2D eigenvalue weighted by atomic mass is 35.5. The number of amides is 1. The normalized spacial score (nSPS) is 14.9. The zero-order valence-electron chi connectivity index (χ0n) is 14.3. The third-order valence-electron chi connectivity index (χ3n) is 4.53. The van der Waals surface area contributed by atoms with Gasteiger partial charge in [0.25, 0.3) is 0 Å². The Morgan fingerprint density at radius 2 is 1.80 bits per heavy atom. The van der Waals surface area contributed by atoms with Gasteiger partial charge in [0.15, 0.2) is 0 Å². The molecule has 2 aromatic carbocycles. The fourth-order valence-electron chi connectivity index (χ4n) is 3.15. The molecule has 1 amide bonds. The Labute approximate surface area is 154 Å². The number of benzene rings is 2. The summed E-state index contributed by atoms with van der Waals surface area (Å²) in [6.07, 6.45) is 6.00. The Balaban J connectivity index is 1.46. The molecule has 0 spiro atoms. The number of hydrogen-bond donors (Lipinski definition) is 2. The van der Waals surface area contributed by atoms with Crippen LogP contribution in [-0.2, 0) is 17.9 Å². The van der Waals surface area contributed by atoms with Crippen LogP contribution >= 0.6 is 11.6 Å². The molecule has 1 heterocycles. The second-order valence-electron chi connectivity index (χ2n) is 6.56.